The summed E-state index contributed by atoms with van der Waals surface area (Å²) >= 11 is 4.24. The van der Waals surface area contributed by atoms with Gasteiger partial charge in [-0.15, -0.1) is 0 Å². The van der Waals surface area contributed by atoms with Crippen LogP contribution in [0.15, 0.2) is 18.3 Å². The fourth-order valence-corrected chi connectivity index (χ4v) is 3.20. The second-order valence-corrected chi connectivity index (χ2v) is 5.84. The topological polar surface area (TPSA) is 30.0 Å². The molecule has 2 aromatic rings. The average molecular weight is 519 g/mol. The van der Waals surface area contributed by atoms with E-state index < -0.39 is 0 Å². The van der Waals surface area contributed by atoms with Gasteiger partial charge in [0.15, 0.2) is 0 Å². The summed E-state index contributed by atoms with van der Waals surface area (Å²) in [7, 11) is 0. The Morgan fingerprint density at radius 1 is 1.00 bits per heavy atom. The summed E-state index contributed by atoms with van der Waals surface area (Å²) in [6, 6.07) is 4.22. The van der Waals surface area contributed by atoms with E-state index in [0.29, 0.717) is 5.69 Å². The first-order valence-corrected chi connectivity index (χ1v) is 13.5. The number of carbonyl (C=O) groups is 1. The first kappa shape index (κ1) is 17.8. The standard InChI is InChI=1S/C18H19NO.I2/c1-10-7-14-5-6-15-13(4)11(2)8-12(3)16(15)18(20)17(14)19-9-10;1-2/h7-9H,5-6H2,1-4H3;. The van der Waals surface area contributed by atoms with Crippen LogP contribution in [0.25, 0.3) is 0 Å². The van der Waals surface area contributed by atoms with E-state index in [1.165, 1.54) is 16.7 Å². The molecule has 4 heteroatoms. The fourth-order valence-electron chi connectivity index (χ4n) is 3.20. The van der Waals surface area contributed by atoms with Crippen LogP contribution in [-0.4, -0.2) is 10.8 Å². The van der Waals surface area contributed by atoms with E-state index in [1.54, 1.807) is 6.20 Å². The lowest BCUT2D eigenvalue weighted by molar-refractivity contribution is 0.103. The lowest BCUT2D eigenvalue weighted by Gasteiger charge is -2.14. The SMILES string of the molecule is Cc1cnc2c(c1)CCc1c(C)c(C)cc(C)c1C2=O.II. The molecule has 2 nitrogen and oxygen atoms in total. The third kappa shape index (κ3) is 3.22. The van der Waals surface area contributed by atoms with Crippen LogP contribution >= 0.6 is 37.2 Å². The van der Waals surface area contributed by atoms with Gasteiger partial charge >= 0.3 is 0 Å². The molecule has 0 radical (unpaired) electrons. The van der Waals surface area contributed by atoms with Crippen LogP contribution in [0, 0.1) is 27.7 Å². The monoisotopic (exact) mass is 519 g/mol. The van der Waals surface area contributed by atoms with Crippen LogP contribution < -0.4 is 0 Å². The highest BCUT2D eigenvalue weighted by molar-refractivity contribution is 15.0. The zero-order valence-electron chi connectivity index (χ0n) is 13.3. The minimum atomic E-state index is 0.0908. The molecule has 0 saturated heterocycles. The first-order chi connectivity index (χ1) is 10.5. The molecule has 0 N–H and O–H groups in total. The molecular weight excluding hydrogens is 500 g/mol. The largest absolute Gasteiger partial charge is 0.287 e. The van der Waals surface area contributed by atoms with Gasteiger partial charge in [-0.2, -0.15) is 0 Å². The van der Waals surface area contributed by atoms with Crippen molar-refractivity contribution in [2.24, 2.45) is 0 Å². The van der Waals surface area contributed by atoms with Crippen LogP contribution in [0.2, 0.25) is 0 Å². The Kier molecular flexibility index (Phi) is 5.99. The number of aromatic nitrogens is 1. The van der Waals surface area contributed by atoms with Crippen molar-refractivity contribution in [2.75, 3.05) is 0 Å². The van der Waals surface area contributed by atoms with Gasteiger partial charge in [0.25, 0.3) is 0 Å². The van der Waals surface area contributed by atoms with Gasteiger partial charge in [0.2, 0.25) is 5.78 Å². The van der Waals surface area contributed by atoms with Crippen molar-refractivity contribution < 1.29 is 4.79 Å². The highest BCUT2D eigenvalue weighted by Gasteiger charge is 2.25. The van der Waals surface area contributed by atoms with E-state index in [-0.39, 0.29) is 5.78 Å². The Balaban J connectivity index is 0.000000847. The van der Waals surface area contributed by atoms with Crippen molar-refractivity contribution in [3.8, 4) is 0 Å². The molecule has 1 aliphatic rings. The lowest BCUT2D eigenvalue weighted by atomic mass is 9.90. The van der Waals surface area contributed by atoms with Gasteiger partial charge in [0, 0.05) is 49.0 Å². The van der Waals surface area contributed by atoms with Crippen molar-refractivity contribution in [2.45, 2.75) is 40.5 Å². The minimum Gasteiger partial charge on any atom is -0.287 e. The second kappa shape index (κ2) is 7.38. The van der Waals surface area contributed by atoms with Crippen LogP contribution in [0.4, 0.5) is 0 Å². The fraction of sp³-hybridized carbons (Fsp3) is 0.333. The van der Waals surface area contributed by atoms with Crippen LogP contribution in [-0.2, 0) is 12.8 Å². The van der Waals surface area contributed by atoms with Gasteiger partial charge in [0.1, 0.15) is 5.69 Å². The van der Waals surface area contributed by atoms with Gasteiger partial charge in [-0.25, -0.2) is 0 Å². The quantitative estimate of drug-likeness (QED) is 0.436. The number of nitrogens with zero attached hydrogens (tertiary/aromatic N) is 1. The van der Waals surface area contributed by atoms with Crippen molar-refractivity contribution in [1.82, 2.24) is 4.98 Å². The molecule has 116 valence electrons. The summed E-state index contributed by atoms with van der Waals surface area (Å²) in [6.07, 6.45) is 3.61. The molecule has 1 aromatic carbocycles. The minimum absolute atomic E-state index is 0.0908. The van der Waals surface area contributed by atoms with Gasteiger partial charge < -0.3 is 0 Å². The highest BCUT2D eigenvalue weighted by Crippen LogP contribution is 2.30. The number of pyridine rings is 1. The Morgan fingerprint density at radius 3 is 2.36 bits per heavy atom. The number of hydrogen-bond donors (Lipinski definition) is 0. The van der Waals surface area contributed by atoms with Crippen LogP contribution in [0.5, 0.6) is 0 Å². The number of aryl methyl sites for hydroxylation is 4. The third-order valence-electron chi connectivity index (χ3n) is 4.36. The lowest BCUT2D eigenvalue weighted by Crippen LogP contribution is -2.10. The Morgan fingerprint density at radius 2 is 1.68 bits per heavy atom. The summed E-state index contributed by atoms with van der Waals surface area (Å²) in [5.41, 5.74) is 8.53. The summed E-state index contributed by atoms with van der Waals surface area (Å²) < 4.78 is 0. The normalized spacial score (nSPS) is 12.7. The molecule has 0 bridgehead atoms. The number of halogens is 2. The average Bonchev–Trinajstić information content (AvgIpc) is 2.64. The summed E-state index contributed by atoms with van der Waals surface area (Å²) in [4.78, 5) is 17.3. The van der Waals surface area contributed by atoms with Crippen molar-refractivity contribution in [3.63, 3.8) is 0 Å². The molecule has 0 fully saturated rings. The summed E-state index contributed by atoms with van der Waals surface area (Å²) in [6.45, 7) is 8.29. The number of hydrogen-bond acceptors (Lipinski definition) is 2. The van der Waals surface area contributed by atoms with Gasteiger partial charge in [0.05, 0.1) is 0 Å². The predicted octanol–water partition coefficient (Wildman–Crippen LogP) is 5.42. The van der Waals surface area contributed by atoms with E-state index >= 15 is 0 Å². The Hall–Kier alpha value is -0.500. The molecule has 1 heterocycles. The molecule has 0 saturated carbocycles. The number of fused-ring (bicyclic) bond motifs is 2. The molecule has 1 aromatic heterocycles. The smallest absolute Gasteiger partial charge is 0.212 e. The van der Waals surface area contributed by atoms with E-state index in [2.05, 4.69) is 68.2 Å². The number of carbonyl (C=O) groups excluding carboxylic acids is 1. The van der Waals surface area contributed by atoms with E-state index in [9.17, 15) is 4.79 Å². The number of ketones is 1. The zero-order chi connectivity index (χ0) is 16.4. The van der Waals surface area contributed by atoms with Crippen LogP contribution in [0.3, 0.4) is 0 Å². The maximum absolute atomic E-state index is 12.9. The van der Waals surface area contributed by atoms with Gasteiger partial charge in [-0.1, -0.05) is 12.1 Å². The highest BCUT2D eigenvalue weighted by atomic mass is 128. The second-order valence-electron chi connectivity index (χ2n) is 5.84. The number of rotatable bonds is 0. The first-order valence-electron chi connectivity index (χ1n) is 7.23. The Labute approximate surface area is 155 Å². The van der Waals surface area contributed by atoms with Gasteiger partial charge in [-0.3, -0.25) is 9.78 Å². The molecule has 3 rings (SSSR count). The van der Waals surface area contributed by atoms with Crippen molar-refractivity contribution in [3.05, 3.63) is 63.0 Å². The predicted molar refractivity (Wildman–Crippen MR) is 109 cm³/mol. The zero-order valence-corrected chi connectivity index (χ0v) is 17.6. The van der Waals surface area contributed by atoms with E-state index in [1.807, 2.05) is 13.8 Å². The molecule has 22 heavy (non-hydrogen) atoms. The van der Waals surface area contributed by atoms with Crippen molar-refractivity contribution >= 4 is 43.0 Å². The maximum Gasteiger partial charge on any atom is 0.212 e. The van der Waals surface area contributed by atoms with E-state index in [0.717, 1.165) is 35.1 Å². The van der Waals surface area contributed by atoms with Crippen molar-refractivity contribution in [1.29, 1.82) is 0 Å². The third-order valence-corrected chi connectivity index (χ3v) is 4.36. The molecular formula is C18H19I2NO. The molecule has 0 spiro atoms. The molecule has 0 aliphatic heterocycles. The Bertz CT molecular complexity index is 738. The summed E-state index contributed by atoms with van der Waals surface area (Å²) in [5, 5.41) is 0. The molecule has 0 unspecified atom stereocenters. The molecule has 0 amide bonds. The molecule has 0 atom stereocenters. The van der Waals surface area contributed by atoms with Crippen LogP contribution in [0.1, 0.15) is 49.4 Å². The molecule has 1 aliphatic carbocycles. The van der Waals surface area contributed by atoms with E-state index in [4.69, 9.17) is 0 Å². The van der Waals surface area contributed by atoms with Gasteiger partial charge in [-0.05, 0) is 73.9 Å². The maximum atomic E-state index is 12.9. The number of benzene rings is 1. The summed E-state index contributed by atoms with van der Waals surface area (Å²) in [5.74, 6) is 0.0908.